The minimum atomic E-state index is -0.297. The Morgan fingerprint density at radius 1 is 1.35 bits per heavy atom. The van der Waals surface area contributed by atoms with Gasteiger partial charge in [0.2, 0.25) is 0 Å². The van der Waals surface area contributed by atoms with Crippen molar-refractivity contribution in [3.63, 3.8) is 0 Å². The molecule has 1 N–H and O–H groups in total. The van der Waals surface area contributed by atoms with E-state index < -0.39 is 0 Å². The second kappa shape index (κ2) is 7.10. The maximum Gasteiger partial charge on any atom is 0.287 e. The maximum absolute atomic E-state index is 12.0. The summed E-state index contributed by atoms with van der Waals surface area (Å²) in [7, 11) is 0. The van der Waals surface area contributed by atoms with E-state index in [1.807, 2.05) is 13.0 Å². The van der Waals surface area contributed by atoms with Gasteiger partial charge in [0.1, 0.15) is 11.6 Å². The van der Waals surface area contributed by atoms with Gasteiger partial charge in [-0.05, 0) is 35.0 Å². The number of morpholine rings is 1. The summed E-state index contributed by atoms with van der Waals surface area (Å²) in [5.41, 5.74) is 0.867. The lowest BCUT2D eigenvalue weighted by atomic mass is 10.3. The van der Waals surface area contributed by atoms with Crippen LogP contribution in [-0.2, 0) is 11.3 Å². The Morgan fingerprint density at radius 2 is 2.13 bits per heavy atom. The molecule has 0 spiro atoms. The van der Waals surface area contributed by atoms with Crippen LogP contribution >= 0.6 is 15.9 Å². The van der Waals surface area contributed by atoms with E-state index in [0.29, 0.717) is 23.7 Å². The van der Waals surface area contributed by atoms with Crippen LogP contribution < -0.4 is 10.2 Å². The van der Waals surface area contributed by atoms with E-state index in [2.05, 4.69) is 36.1 Å². The first-order chi connectivity index (χ1) is 11.1. The first kappa shape index (κ1) is 15.9. The molecule has 23 heavy (non-hydrogen) atoms. The van der Waals surface area contributed by atoms with E-state index in [-0.39, 0.29) is 18.2 Å². The molecule has 0 aliphatic carbocycles. The van der Waals surface area contributed by atoms with E-state index in [0.717, 1.165) is 24.6 Å². The van der Waals surface area contributed by atoms with E-state index in [1.165, 1.54) is 0 Å². The van der Waals surface area contributed by atoms with Crippen molar-refractivity contribution < 1.29 is 13.9 Å². The van der Waals surface area contributed by atoms with E-state index >= 15 is 0 Å². The van der Waals surface area contributed by atoms with Crippen LogP contribution in [0.4, 0.5) is 5.82 Å². The van der Waals surface area contributed by atoms with Gasteiger partial charge in [-0.3, -0.25) is 4.79 Å². The molecule has 1 aliphatic heterocycles. The number of nitrogens with zero attached hydrogens (tertiary/aromatic N) is 3. The molecule has 7 nitrogen and oxygen atoms in total. The molecular formula is C15H17BrN4O3. The van der Waals surface area contributed by atoms with Crippen LogP contribution in [0.15, 0.2) is 27.3 Å². The predicted molar refractivity (Wildman–Crippen MR) is 87.4 cm³/mol. The standard InChI is InChI=1S/C15H17BrN4O3/c1-10-8-14(20-4-6-22-7-5-20)19-13(18-10)9-17-15(21)11-2-3-12(16)23-11/h2-3,8H,4-7,9H2,1H3,(H,17,21). The lowest BCUT2D eigenvalue weighted by molar-refractivity contribution is 0.0921. The molecule has 1 amide bonds. The Bertz CT molecular complexity index is 698. The van der Waals surface area contributed by atoms with Crippen molar-refractivity contribution in [2.24, 2.45) is 0 Å². The summed E-state index contributed by atoms with van der Waals surface area (Å²) in [5, 5.41) is 2.76. The Kier molecular flexibility index (Phi) is 4.92. The molecule has 0 atom stereocenters. The second-order valence-corrected chi connectivity index (χ2v) is 5.95. The molecule has 1 aliphatic rings. The van der Waals surface area contributed by atoms with Gasteiger partial charge < -0.3 is 19.4 Å². The number of hydrogen-bond donors (Lipinski definition) is 1. The van der Waals surface area contributed by atoms with Gasteiger partial charge >= 0.3 is 0 Å². The molecular weight excluding hydrogens is 364 g/mol. The Balaban J connectivity index is 1.67. The monoisotopic (exact) mass is 380 g/mol. The van der Waals surface area contributed by atoms with Crippen LogP contribution in [0.5, 0.6) is 0 Å². The molecule has 0 bridgehead atoms. The third-order valence-corrected chi connectivity index (χ3v) is 3.85. The summed E-state index contributed by atoms with van der Waals surface area (Å²) in [6.07, 6.45) is 0. The summed E-state index contributed by atoms with van der Waals surface area (Å²) in [4.78, 5) is 23.1. The lowest BCUT2D eigenvalue weighted by Gasteiger charge is -2.28. The van der Waals surface area contributed by atoms with Gasteiger partial charge in [0.15, 0.2) is 10.4 Å². The normalized spacial score (nSPS) is 14.8. The number of aromatic nitrogens is 2. The third-order valence-electron chi connectivity index (χ3n) is 3.43. The number of aryl methyl sites for hydroxylation is 1. The SMILES string of the molecule is Cc1cc(N2CCOCC2)nc(CNC(=O)c2ccc(Br)o2)n1. The van der Waals surface area contributed by atoms with E-state index in [4.69, 9.17) is 9.15 Å². The average Bonchev–Trinajstić information content (AvgIpc) is 2.99. The van der Waals surface area contributed by atoms with Crippen LogP contribution in [0.3, 0.4) is 0 Å². The van der Waals surface area contributed by atoms with Crippen molar-refractivity contribution in [3.05, 3.63) is 40.1 Å². The van der Waals surface area contributed by atoms with Gasteiger partial charge in [-0.15, -0.1) is 0 Å². The second-order valence-electron chi connectivity index (χ2n) is 5.17. The molecule has 1 fully saturated rings. The molecule has 0 radical (unpaired) electrons. The highest BCUT2D eigenvalue weighted by molar-refractivity contribution is 9.10. The van der Waals surface area contributed by atoms with E-state index in [9.17, 15) is 4.79 Å². The molecule has 0 aromatic carbocycles. The Morgan fingerprint density at radius 3 is 2.83 bits per heavy atom. The highest BCUT2D eigenvalue weighted by Gasteiger charge is 2.15. The summed E-state index contributed by atoms with van der Waals surface area (Å²) in [6.45, 7) is 5.17. The summed E-state index contributed by atoms with van der Waals surface area (Å²) in [5.74, 6) is 1.39. The summed E-state index contributed by atoms with van der Waals surface area (Å²) < 4.78 is 11.1. The minimum Gasteiger partial charge on any atom is -0.444 e. The fraction of sp³-hybridized carbons (Fsp3) is 0.400. The number of furan rings is 1. The topological polar surface area (TPSA) is 80.5 Å². The summed E-state index contributed by atoms with van der Waals surface area (Å²) >= 11 is 3.17. The van der Waals surface area contributed by atoms with Crippen LogP contribution in [-0.4, -0.2) is 42.2 Å². The number of carbonyl (C=O) groups excluding carboxylic acids is 1. The molecule has 2 aromatic heterocycles. The zero-order chi connectivity index (χ0) is 16.2. The number of hydrogen-bond acceptors (Lipinski definition) is 6. The van der Waals surface area contributed by atoms with Crippen molar-refractivity contribution >= 4 is 27.7 Å². The zero-order valence-corrected chi connectivity index (χ0v) is 14.3. The molecule has 122 valence electrons. The predicted octanol–water partition coefficient (Wildman–Crippen LogP) is 1.91. The Labute approximate surface area is 142 Å². The molecule has 2 aromatic rings. The fourth-order valence-electron chi connectivity index (χ4n) is 2.33. The van der Waals surface area contributed by atoms with Crippen LogP contribution in [0, 0.1) is 6.92 Å². The number of halogens is 1. The largest absolute Gasteiger partial charge is 0.444 e. The third kappa shape index (κ3) is 4.08. The van der Waals surface area contributed by atoms with Gasteiger partial charge in [-0.25, -0.2) is 9.97 Å². The fourth-order valence-corrected chi connectivity index (χ4v) is 2.64. The van der Waals surface area contributed by atoms with Crippen molar-refractivity contribution in [2.75, 3.05) is 31.2 Å². The van der Waals surface area contributed by atoms with Gasteiger partial charge in [-0.2, -0.15) is 0 Å². The van der Waals surface area contributed by atoms with Gasteiger partial charge in [0.05, 0.1) is 19.8 Å². The summed E-state index contributed by atoms with van der Waals surface area (Å²) in [6, 6.07) is 5.23. The number of ether oxygens (including phenoxy) is 1. The highest BCUT2D eigenvalue weighted by Crippen LogP contribution is 2.15. The number of carbonyl (C=O) groups is 1. The van der Waals surface area contributed by atoms with Crippen molar-refractivity contribution in [2.45, 2.75) is 13.5 Å². The van der Waals surface area contributed by atoms with Crippen molar-refractivity contribution in [1.29, 1.82) is 0 Å². The van der Waals surface area contributed by atoms with Crippen molar-refractivity contribution in [3.8, 4) is 0 Å². The van der Waals surface area contributed by atoms with Crippen molar-refractivity contribution in [1.82, 2.24) is 15.3 Å². The first-order valence-electron chi connectivity index (χ1n) is 7.32. The lowest BCUT2D eigenvalue weighted by Crippen LogP contribution is -2.37. The quantitative estimate of drug-likeness (QED) is 0.872. The average molecular weight is 381 g/mol. The first-order valence-corrected chi connectivity index (χ1v) is 8.12. The number of anilines is 1. The number of rotatable bonds is 4. The van der Waals surface area contributed by atoms with E-state index in [1.54, 1.807) is 12.1 Å². The van der Waals surface area contributed by atoms with Gasteiger partial charge in [0, 0.05) is 24.8 Å². The van der Waals surface area contributed by atoms with Crippen LogP contribution in [0.2, 0.25) is 0 Å². The van der Waals surface area contributed by atoms with Crippen LogP contribution in [0.25, 0.3) is 0 Å². The van der Waals surface area contributed by atoms with Gasteiger partial charge in [0.25, 0.3) is 5.91 Å². The molecule has 0 saturated carbocycles. The zero-order valence-electron chi connectivity index (χ0n) is 12.7. The number of nitrogens with one attached hydrogen (secondary N) is 1. The van der Waals surface area contributed by atoms with Gasteiger partial charge in [-0.1, -0.05) is 0 Å². The Hall–Kier alpha value is -1.93. The molecule has 3 rings (SSSR count). The smallest absolute Gasteiger partial charge is 0.287 e. The molecule has 0 unspecified atom stereocenters. The maximum atomic E-state index is 12.0. The minimum absolute atomic E-state index is 0.246. The molecule has 8 heteroatoms. The molecule has 3 heterocycles. The highest BCUT2D eigenvalue weighted by atomic mass is 79.9. The molecule has 1 saturated heterocycles. The van der Waals surface area contributed by atoms with Crippen LogP contribution in [0.1, 0.15) is 22.1 Å². The number of amides is 1.